The predicted octanol–water partition coefficient (Wildman–Crippen LogP) is 1.97. The monoisotopic (exact) mass is 385 g/mol. The van der Waals surface area contributed by atoms with Gasteiger partial charge in [0.05, 0.1) is 22.5 Å². The lowest BCUT2D eigenvalue weighted by atomic mass is 10.2. The Hall–Kier alpha value is -2.78. The van der Waals surface area contributed by atoms with Crippen LogP contribution in [0.5, 0.6) is 0 Å². The van der Waals surface area contributed by atoms with E-state index in [4.69, 9.17) is 0 Å². The van der Waals surface area contributed by atoms with Crippen molar-refractivity contribution >= 4 is 32.7 Å². The molecule has 0 radical (unpaired) electrons. The number of aromatic nitrogens is 3. The molecule has 1 aromatic carbocycles. The lowest BCUT2D eigenvalue weighted by Gasteiger charge is -2.08. The van der Waals surface area contributed by atoms with Gasteiger partial charge in [0.1, 0.15) is 0 Å². The third-order valence-electron chi connectivity index (χ3n) is 4.45. The van der Waals surface area contributed by atoms with Gasteiger partial charge >= 0.3 is 0 Å². The van der Waals surface area contributed by atoms with Crippen molar-refractivity contribution in [2.24, 2.45) is 7.05 Å². The molecule has 27 heavy (non-hydrogen) atoms. The molecule has 2 heterocycles. The van der Waals surface area contributed by atoms with Gasteiger partial charge in [-0.1, -0.05) is 0 Å². The van der Waals surface area contributed by atoms with Crippen molar-refractivity contribution in [1.29, 1.82) is 0 Å². The summed E-state index contributed by atoms with van der Waals surface area (Å²) >= 11 is 0. The maximum atomic E-state index is 12.5. The predicted molar refractivity (Wildman–Crippen MR) is 101 cm³/mol. The highest BCUT2D eigenvalue weighted by Crippen LogP contribution is 2.23. The Kier molecular flexibility index (Phi) is 4.20. The fraction of sp³-hybridized carbons (Fsp3) is 0.278. The second-order valence-corrected chi connectivity index (χ2v) is 8.39. The SMILES string of the molecule is Cc1nn(C)c2ncc(NC(=O)c3ccc(S(=O)(=O)NC4CC4)cc3)cc12. The second kappa shape index (κ2) is 6.43. The van der Waals surface area contributed by atoms with Gasteiger partial charge in [-0.05, 0) is 50.1 Å². The van der Waals surface area contributed by atoms with E-state index in [-0.39, 0.29) is 16.8 Å². The number of nitrogens with zero attached hydrogens (tertiary/aromatic N) is 3. The normalized spacial score (nSPS) is 14.4. The van der Waals surface area contributed by atoms with Gasteiger partial charge in [0, 0.05) is 24.0 Å². The molecule has 0 aliphatic heterocycles. The summed E-state index contributed by atoms with van der Waals surface area (Å²) in [7, 11) is -1.71. The van der Waals surface area contributed by atoms with Crippen molar-refractivity contribution in [2.75, 3.05) is 5.32 Å². The number of carbonyl (C=O) groups is 1. The Morgan fingerprint density at radius 1 is 1.22 bits per heavy atom. The molecule has 1 aliphatic carbocycles. The maximum absolute atomic E-state index is 12.5. The van der Waals surface area contributed by atoms with E-state index in [1.807, 2.05) is 20.0 Å². The van der Waals surface area contributed by atoms with E-state index in [0.717, 1.165) is 29.6 Å². The number of fused-ring (bicyclic) bond motifs is 1. The van der Waals surface area contributed by atoms with Gasteiger partial charge in [-0.2, -0.15) is 5.10 Å². The van der Waals surface area contributed by atoms with E-state index in [9.17, 15) is 13.2 Å². The minimum Gasteiger partial charge on any atom is -0.321 e. The van der Waals surface area contributed by atoms with E-state index in [1.54, 1.807) is 10.9 Å². The highest BCUT2D eigenvalue weighted by molar-refractivity contribution is 7.89. The van der Waals surface area contributed by atoms with Crippen LogP contribution in [0.1, 0.15) is 28.9 Å². The first kappa shape index (κ1) is 17.6. The molecule has 1 fully saturated rings. The molecular formula is C18H19N5O3S. The largest absolute Gasteiger partial charge is 0.321 e. The van der Waals surface area contributed by atoms with Crippen LogP contribution in [0.4, 0.5) is 5.69 Å². The molecule has 2 N–H and O–H groups in total. The first-order valence-corrected chi connectivity index (χ1v) is 10.0. The molecule has 0 atom stereocenters. The quantitative estimate of drug-likeness (QED) is 0.698. The van der Waals surface area contributed by atoms with Gasteiger partial charge in [-0.3, -0.25) is 9.48 Å². The van der Waals surface area contributed by atoms with Gasteiger partial charge in [-0.25, -0.2) is 18.1 Å². The van der Waals surface area contributed by atoms with Crippen molar-refractivity contribution in [3.05, 3.63) is 47.8 Å². The fourth-order valence-corrected chi connectivity index (χ4v) is 4.16. The highest BCUT2D eigenvalue weighted by Gasteiger charge is 2.28. The van der Waals surface area contributed by atoms with E-state index < -0.39 is 10.0 Å². The van der Waals surface area contributed by atoms with Crippen LogP contribution in [0.2, 0.25) is 0 Å². The molecule has 0 saturated heterocycles. The van der Waals surface area contributed by atoms with E-state index in [0.29, 0.717) is 11.3 Å². The molecule has 0 spiro atoms. The number of carbonyl (C=O) groups excluding carboxylic acids is 1. The number of hydrogen-bond acceptors (Lipinski definition) is 5. The average Bonchev–Trinajstić information content (AvgIpc) is 3.39. The molecule has 1 amide bonds. The number of amides is 1. The van der Waals surface area contributed by atoms with Crippen LogP contribution in [0.15, 0.2) is 41.4 Å². The summed E-state index contributed by atoms with van der Waals surface area (Å²) in [5, 5.41) is 7.95. The zero-order valence-corrected chi connectivity index (χ0v) is 15.7. The minimum absolute atomic E-state index is 0.0383. The van der Waals surface area contributed by atoms with Crippen molar-refractivity contribution < 1.29 is 13.2 Å². The summed E-state index contributed by atoms with van der Waals surface area (Å²) in [6.07, 6.45) is 3.31. The first-order valence-electron chi connectivity index (χ1n) is 8.56. The Morgan fingerprint density at radius 2 is 1.93 bits per heavy atom. The van der Waals surface area contributed by atoms with Gasteiger partial charge < -0.3 is 5.32 Å². The molecule has 140 valence electrons. The molecule has 0 unspecified atom stereocenters. The van der Waals surface area contributed by atoms with Gasteiger partial charge in [0.2, 0.25) is 10.0 Å². The number of pyridine rings is 1. The van der Waals surface area contributed by atoms with E-state index in [1.165, 1.54) is 24.3 Å². The molecule has 2 aromatic heterocycles. The summed E-state index contributed by atoms with van der Waals surface area (Å²) in [5.74, 6) is -0.336. The van der Waals surface area contributed by atoms with Crippen molar-refractivity contribution in [2.45, 2.75) is 30.7 Å². The van der Waals surface area contributed by atoms with Crippen LogP contribution in [-0.2, 0) is 17.1 Å². The van der Waals surface area contributed by atoms with E-state index in [2.05, 4.69) is 20.1 Å². The number of hydrogen-bond donors (Lipinski definition) is 2. The Bertz CT molecular complexity index is 1130. The van der Waals surface area contributed by atoms with E-state index >= 15 is 0 Å². The average molecular weight is 385 g/mol. The van der Waals surface area contributed by atoms with Gasteiger partial charge in [0.15, 0.2) is 5.65 Å². The summed E-state index contributed by atoms with van der Waals surface area (Å²) in [6.45, 7) is 1.88. The summed E-state index contributed by atoms with van der Waals surface area (Å²) < 4.78 is 28.7. The maximum Gasteiger partial charge on any atom is 0.255 e. The molecule has 8 nitrogen and oxygen atoms in total. The van der Waals surface area contributed by atoms with Crippen molar-refractivity contribution in [3.63, 3.8) is 0 Å². The zero-order chi connectivity index (χ0) is 19.2. The van der Waals surface area contributed by atoms with Crippen LogP contribution in [0, 0.1) is 6.92 Å². The number of sulfonamides is 1. The number of anilines is 1. The first-order chi connectivity index (χ1) is 12.8. The van der Waals surface area contributed by atoms with Crippen LogP contribution < -0.4 is 10.0 Å². The van der Waals surface area contributed by atoms with Gasteiger partial charge in [-0.15, -0.1) is 0 Å². The Labute approximate surface area is 156 Å². The number of benzene rings is 1. The Morgan fingerprint density at radius 3 is 2.59 bits per heavy atom. The topological polar surface area (TPSA) is 106 Å². The summed E-state index contributed by atoms with van der Waals surface area (Å²) in [6, 6.07) is 7.73. The molecule has 4 rings (SSSR count). The number of nitrogens with one attached hydrogen (secondary N) is 2. The molecule has 1 saturated carbocycles. The van der Waals surface area contributed by atoms with Crippen LogP contribution in [-0.4, -0.2) is 35.1 Å². The summed E-state index contributed by atoms with van der Waals surface area (Å²) in [5.41, 5.74) is 2.48. The third kappa shape index (κ3) is 3.56. The van der Waals surface area contributed by atoms with Crippen LogP contribution in [0.25, 0.3) is 11.0 Å². The standard InChI is InChI=1S/C18H19N5O3S/c1-11-16-9-14(10-19-17(16)23(2)21-11)20-18(24)12-3-7-15(8-4-12)27(25,26)22-13-5-6-13/h3-4,7-10,13,22H,5-6H2,1-2H3,(H,20,24). The Balaban J connectivity index is 1.52. The third-order valence-corrected chi connectivity index (χ3v) is 5.98. The number of aryl methyl sites for hydroxylation is 2. The molecular weight excluding hydrogens is 366 g/mol. The fourth-order valence-electron chi connectivity index (χ4n) is 2.85. The van der Waals surface area contributed by atoms with Gasteiger partial charge in [0.25, 0.3) is 5.91 Å². The highest BCUT2D eigenvalue weighted by atomic mass is 32.2. The van der Waals surface area contributed by atoms with Crippen molar-refractivity contribution in [1.82, 2.24) is 19.5 Å². The summed E-state index contributed by atoms with van der Waals surface area (Å²) in [4.78, 5) is 16.9. The van der Waals surface area contributed by atoms with Crippen LogP contribution >= 0.6 is 0 Å². The van der Waals surface area contributed by atoms with Crippen molar-refractivity contribution in [3.8, 4) is 0 Å². The lowest BCUT2D eigenvalue weighted by Crippen LogP contribution is -2.25. The number of rotatable bonds is 5. The van der Waals surface area contributed by atoms with Crippen LogP contribution in [0.3, 0.4) is 0 Å². The second-order valence-electron chi connectivity index (χ2n) is 6.68. The molecule has 1 aliphatic rings. The molecule has 0 bridgehead atoms. The molecule has 9 heteroatoms. The lowest BCUT2D eigenvalue weighted by molar-refractivity contribution is 0.102. The molecule has 3 aromatic rings. The minimum atomic E-state index is -3.53. The zero-order valence-electron chi connectivity index (χ0n) is 14.9. The smallest absolute Gasteiger partial charge is 0.255 e.